The average molecular weight is 434 g/mol. The molecule has 0 aliphatic heterocycles. The van der Waals surface area contributed by atoms with Gasteiger partial charge < -0.3 is 19.3 Å². The number of fused-ring (bicyclic) bond motifs is 1. The number of pyridine rings is 1. The van der Waals surface area contributed by atoms with E-state index < -0.39 is 18.0 Å². The highest BCUT2D eigenvalue weighted by Gasteiger charge is 2.23. The molecule has 1 aromatic carbocycles. The second-order valence-electron chi connectivity index (χ2n) is 7.55. The van der Waals surface area contributed by atoms with Crippen molar-refractivity contribution in [2.45, 2.75) is 46.3 Å². The van der Waals surface area contributed by atoms with Crippen LogP contribution in [-0.2, 0) is 24.8 Å². The minimum atomic E-state index is -0.983. The Kier molecular flexibility index (Phi) is 7.44. The SMILES string of the molecule is CCn1c(-c2cc(C)c(=O)n(C)c2)nc2cc(CC[C@H](C(=O)O)[C@@H](C)O)ccc21.Cl. The quantitative estimate of drug-likeness (QED) is 0.596. The first kappa shape index (κ1) is 23.6. The first-order valence-corrected chi connectivity index (χ1v) is 9.80. The van der Waals surface area contributed by atoms with Gasteiger partial charge in [-0.05, 0) is 57.4 Å². The zero-order valence-corrected chi connectivity index (χ0v) is 18.4. The van der Waals surface area contributed by atoms with Crippen LogP contribution in [0.25, 0.3) is 22.4 Å². The summed E-state index contributed by atoms with van der Waals surface area (Å²) in [5, 5.41) is 18.9. The van der Waals surface area contributed by atoms with Gasteiger partial charge >= 0.3 is 5.97 Å². The molecule has 0 fully saturated rings. The topological polar surface area (TPSA) is 97.4 Å². The van der Waals surface area contributed by atoms with Crippen molar-refractivity contribution in [1.29, 1.82) is 0 Å². The van der Waals surface area contributed by atoms with Gasteiger partial charge in [0.05, 0.1) is 23.1 Å². The molecule has 8 heteroatoms. The number of aliphatic hydroxyl groups excluding tert-OH is 1. The van der Waals surface area contributed by atoms with Crippen LogP contribution in [0.4, 0.5) is 0 Å². The molecule has 3 aromatic rings. The van der Waals surface area contributed by atoms with Gasteiger partial charge in [0.25, 0.3) is 5.56 Å². The Morgan fingerprint density at radius 1 is 1.27 bits per heavy atom. The third kappa shape index (κ3) is 4.57. The number of carboxylic acid groups (broad SMARTS) is 1. The molecular formula is C22H28ClN3O4. The molecule has 0 amide bonds. The lowest BCUT2D eigenvalue weighted by atomic mass is 9.95. The Morgan fingerprint density at radius 3 is 2.53 bits per heavy atom. The van der Waals surface area contributed by atoms with Crippen molar-refractivity contribution >= 4 is 29.4 Å². The van der Waals surface area contributed by atoms with E-state index in [1.165, 1.54) is 6.92 Å². The fraction of sp³-hybridized carbons (Fsp3) is 0.409. The zero-order chi connectivity index (χ0) is 21.3. The summed E-state index contributed by atoms with van der Waals surface area (Å²) in [4.78, 5) is 28.1. The van der Waals surface area contributed by atoms with Crippen LogP contribution in [-0.4, -0.2) is 36.4 Å². The van der Waals surface area contributed by atoms with E-state index in [4.69, 9.17) is 4.98 Å². The van der Waals surface area contributed by atoms with Crippen molar-refractivity contribution < 1.29 is 15.0 Å². The molecule has 2 N–H and O–H groups in total. The Hall–Kier alpha value is -2.64. The van der Waals surface area contributed by atoms with Gasteiger partial charge in [-0.3, -0.25) is 9.59 Å². The van der Waals surface area contributed by atoms with Gasteiger partial charge in [0.15, 0.2) is 0 Å². The lowest BCUT2D eigenvalue weighted by Crippen LogP contribution is -2.26. The molecule has 0 saturated carbocycles. The summed E-state index contributed by atoms with van der Waals surface area (Å²) in [7, 11) is 1.73. The minimum absolute atomic E-state index is 0. The molecule has 0 spiro atoms. The number of nitrogens with zero attached hydrogens (tertiary/aromatic N) is 3. The van der Waals surface area contributed by atoms with Crippen LogP contribution in [0, 0.1) is 12.8 Å². The highest BCUT2D eigenvalue weighted by molar-refractivity contribution is 5.85. The Labute approximate surface area is 181 Å². The van der Waals surface area contributed by atoms with Crippen molar-refractivity contribution in [1.82, 2.24) is 14.1 Å². The minimum Gasteiger partial charge on any atom is -0.481 e. The standard InChI is InChI=1S/C22H27N3O4.ClH/c1-5-25-19-9-7-15(6-8-17(14(3)26)22(28)29)11-18(19)23-20(25)16-10-13(2)21(27)24(4)12-16;/h7,9-12,14,17,26H,5-6,8H2,1-4H3,(H,28,29);1H/t14-,17+;/m1./s1. The monoisotopic (exact) mass is 433 g/mol. The van der Waals surface area contributed by atoms with E-state index in [2.05, 4.69) is 4.57 Å². The second kappa shape index (κ2) is 9.45. The molecule has 0 bridgehead atoms. The van der Waals surface area contributed by atoms with E-state index in [-0.39, 0.29) is 18.0 Å². The number of imidazole rings is 1. The van der Waals surface area contributed by atoms with Crippen LogP contribution in [0.15, 0.2) is 35.3 Å². The molecule has 0 radical (unpaired) electrons. The van der Waals surface area contributed by atoms with Gasteiger partial charge in [-0.15, -0.1) is 12.4 Å². The summed E-state index contributed by atoms with van der Waals surface area (Å²) in [6.45, 7) is 6.08. The summed E-state index contributed by atoms with van der Waals surface area (Å²) >= 11 is 0. The highest BCUT2D eigenvalue weighted by atomic mass is 35.5. The molecule has 162 valence electrons. The van der Waals surface area contributed by atoms with Gasteiger partial charge in [0.2, 0.25) is 0 Å². The van der Waals surface area contributed by atoms with E-state index >= 15 is 0 Å². The molecule has 30 heavy (non-hydrogen) atoms. The first-order valence-electron chi connectivity index (χ1n) is 9.80. The number of halogens is 1. The van der Waals surface area contributed by atoms with Crippen molar-refractivity contribution in [3.05, 3.63) is 51.9 Å². The Balaban J connectivity index is 0.00000320. The predicted octanol–water partition coefficient (Wildman–Crippen LogP) is 3.17. The average Bonchev–Trinajstić information content (AvgIpc) is 3.03. The number of hydrogen-bond donors (Lipinski definition) is 2. The largest absolute Gasteiger partial charge is 0.481 e. The number of aryl methyl sites for hydroxylation is 4. The van der Waals surface area contributed by atoms with Gasteiger partial charge in [0, 0.05) is 30.9 Å². The number of rotatable bonds is 7. The number of carboxylic acids is 1. The maximum Gasteiger partial charge on any atom is 0.309 e. The molecule has 2 aromatic heterocycles. The summed E-state index contributed by atoms with van der Waals surface area (Å²) in [5.41, 5.74) is 4.31. The van der Waals surface area contributed by atoms with Crippen LogP contribution in [0.2, 0.25) is 0 Å². The van der Waals surface area contributed by atoms with Crippen molar-refractivity contribution in [2.75, 3.05) is 0 Å². The number of carbonyl (C=O) groups is 1. The summed E-state index contributed by atoms with van der Waals surface area (Å²) in [5.74, 6) is -0.975. The number of aliphatic hydroxyl groups is 1. The second-order valence-corrected chi connectivity index (χ2v) is 7.55. The Morgan fingerprint density at radius 2 is 1.97 bits per heavy atom. The van der Waals surface area contributed by atoms with Crippen LogP contribution in [0.1, 0.15) is 31.4 Å². The molecule has 0 unspecified atom stereocenters. The maximum atomic E-state index is 12.0. The zero-order valence-electron chi connectivity index (χ0n) is 17.6. The molecule has 0 saturated heterocycles. The normalized spacial score (nSPS) is 13.1. The van der Waals surface area contributed by atoms with Gasteiger partial charge in [-0.1, -0.05) is 6.07 Å². The summed E-state index contributed by atoms with van der Waals surface area (Å²) < 4.78 is 3.67. The molecule has 7 nitrogen and oxygen atoms in total. The van der Waals surface area contributed by atoms with E-state index in [9.17, 15) is 19.8 Å². The van der Waals surface area contributed by atoms with Crippen LogP contribution >= 0.6 is 12.4 Å². The van der Waals surface area contributed by atoms with Crippen LogP contribution < -0.4 is 5.56 Å². The van der Waals surface area contributed by atoms with Crippen LogP contribution in [0.5, 0.6) is 0 Å². The first-order chi connectivity index (χ1) is 13.7. The van der Waals surface area contributed by atoms with Crippen molar-refractivity contribution in [2.24, 2.45) is 13.0 Å². The van der Waals surface area contributed by atoms with Crippen molar-refractivity contribution in [3.8, 4) is 11.4 Å². The number of benzene rings is 1. The molecular weight excluding hydrogens is 406 g/mol. The van der Waals surface area contributed by atoms with Gasteiger partial charge in [-0.2, -0.15) is 0 Å². The van der Waals surface area contributed by atoms with Crippen LogP contribution in [0.3, 0.4) is 0 Å². The third-order valence-electron chi connectivity index (χ3n) is 5.39. The molecule has 2 heterocycles. The smallest absolute Gasteiger partial charge is 0.309 e. The van der Waals surface area contributed by atoms with Gasteiger partial charge in [-0.25, -0.2) is 4.98 Å². The number of aromatic nitrogens is 3. The Bertz CT molecular complexity index is 1090. The van der Waals surface area contributed by atoms with E-state index in [0.29, 0.717) is 18.4 Å². The van der Waals surface area contributed by atoms with E-state index in [1.54, 1.807) is 24.7 Å². The number of aliphatic carboxylic acids is 1. The molecule has 3 rings (SSSR count). The maximum absolute atomic E-state index is 12.0. The summed E-state index contributed by atoms with van der Waals surface area (Å²) in [6.07, 6.45) is 1.81. The van der Waals surface area contributed by atoms with E-state index in [0.717, 1.165) is 34.5 Å². The third-order valence-corrected chi connectivity index (χ3v) is 5.39. The molecule has 2 atom stereocenters. The van der Waals surface area contributed by atoms with Gasteiger partial charge in [0.1, 0.15) is 5.82 Å². The molecule has 0 aliphatic carbocycles. The van der Waals surface area contributed by atoms with E-state index in [1.807, 2.05) is 31.2 Å². The summed E-state index contributed by atoms with van der Waals surface area (Å²) in [6, 6.07) is 7.81. The molecule has 0 aliphatic rings. The lowest BCUT2D eigenvalue weighted by Gasteiger charge is -2.14. The fourth-order valence-corrected chi connectivity index (χ4v) is 3.76. The van der Waals surface area contributed by atoms with Crippen molar-refractivity contribution in [3.63, 3.8) is 0 Å². The predicted molar refractivity (Wildman–Crippen MR) is 119 cm³/mol. The lowest BCUT2D eigenvalue weighted by molar-refractivity contribution is -0.145. The number of hydrogen-bond acceptors (Lipinski definition) is 4. The highest BCUT2D eigenvalue weighted by Crippen LogP contribution is 2.26. The fourth-order valence-electron chi connectivity index (χ4n) is 3.76.